The van der Waals surface area contributed by atoms with Crippen molar-refractivity contribution in [2.75, 3.05) is 5.32 Å². The molecule has 3 aromatic carbocycles. The molecule has 8 heteroatoms. The number of pyridine rings is 1. The van der Waals surface area contributed by atoms with E-state index in [0.717, 1.165) is 16.0 Å². The highest BCUT2D eigenvalue weighted by Gasteiger charge is 2.20. The molecule has 0 aliphatic carbocycles. The van der Waals surface area contributed by atoms with Crippen LogP contribution in [0.25, 0.3) is 11.0 Å². The molecule has 7 nitrogen and oxygen atoms in total. The van der Waals surface area contributed by atoms with Gasteiger partial charge in [-0.15, -0.1) is 0 Å². The number of imidazole rings is 1. The zero-order chi connectivity index (χ0) is 24.9. The average molecular weight is 495 g/mol. The van der Waals surface area contributed by atoms with Crippen LogP contribution in [0.5, 0.6) is 0 Å². The van der Waals surface area contributed by atoms with Gasteiger partial charge >= 0.3 is 5.97 Å². The second-order valence-corrected chi connectivity index (χ2v) is 9.17. The van der Waals surface area contributed by atoms with Crippen molar-refractivity contribution >= 4 is 40.4 Å². The van der Waals surface area contributed by atoms with Crippen molar-refractivity contribution in [1.82, 2.24) is 14.5 Å². The molecule has 0 spiro atoms. The lowest BCUT2D eigenvalue weighted by molar-refractivity contribution is -0.137. The summed E-state index contributed by atoms with van der Waals surface area (Å²) < 4.78 is 1.84. The molecule has 2 heterocycles. The molecule has 0 aliphatic heterocycles. The molecular weight excluding hydrogens is 472 g/mol. The van der Waals surface area contributed by atoms with Crippen LogP contribution >= 0.6 is 11.8 Å². The fourth-order valence-corrected chi connectivity index (χ4v) is 4.91. The summed E-state index contributed by atoms with van der Waals surface area (Å²) in [5, 5.41) is 13.1. The van der Waals surface area contributed by atoms with Gasteiger partial charge in [-0.3, -0.25) is 9.59 Å². The van der Waals surface area contributed by atoms with Crippen LogP contribution in [-0.2, 0) is 4.79 Å². The van der Waals surface area contributed by atoms with Gasteiger partial charge in [0, 0.05) is 16.8 Å². The number of carboxylic acid groups (broad SMARTS) is 1. The lowest BCUT2D eigenvalue weighted by Crippen LogP contribution is -2.15. The average Bonchev–Trinajstić information content (AvgIpc) is 3.31. The Morgan fingerprint density at radius 2 is 1.67 bits per heavy atom. The minimum Gasteiger partial charge on any atom is -0.481 e. The number of carboxylic acids is 1. The number of anilines is 1. The van der Waals surface area contributed by atoms with Crippen LogP contribution in [-0.4, -0.2) is 31.5 Å². The molecular formula is C28H22N4O3S. The van der Waals surface area contributed by atoms with Gasteiger partial charge in [-0.05, 0) is 48.0 Å². The minimum atomic E-state index is -0.907. The largest absolute Gasteiger partial charge is 0.481 e. The van der Waals surface area contributed by atoms with Crippen molar-refractivity contribution in [2.45, 2.75) is 22.4 Å². The number of rotatable bonds is 8. The van der Waals surface area contributed by atoms with Crippen molar-refractivity contribution in [3.8, 4) is 0 Å². The van der Waals surface area contributed by atoms with Gasteiger partial charge in [0.1, 0.15) is 5.03 Å². The van der Waals surface area contributed by atoms with E-state index in [1.54, 1.807) is 30.7 Å². The van der Waals surface area contributed by atoms with E-state index in [9.17, 15) is 14.7 Å². The van der Waals surface area contributed by atoms with Crippen molar-refractivity contribution in [2.24, 2.45) is 0 Å². The summed E-state index contributed by atoms with van der Waals surface area (Å²) in [7, 11) is 0. The first-order valence-corrected chi connectivity index (χ1v) is 12.1. The molecule has 0 radical (unpaired) electrons. The van der Waals surface area contributed by atoms with Crippen molar-refractivity contribution in [1.29, 1.82) is 0 Å². The topological polar surface area (TPSA) is 97.1 Å². The number of carbonyl (C=O) groups is 2. The highest BCUT2D eigenvalue weighted by molar-refractivity contribution is 7.99. The number of hydrogen-bond donors (Lipinski definition) is 2. The third kappa shape index (κ3) is 5.13. The third-order valence-corrected chi connectivity index (χ3v) is 6.72. The minimum absolute atomic E-state index is 0.0954. The lowest BCUT2D eigenvalue weighted by atomic mass is 10.0. The van der Waals surface area contributed by atoms with Gasteiger partial charge in [0.25, 0.3) is 5.91 Å². The van der Waals surface area contributed by atoms with Crippen LogP contribution in [0.15, 0.2) is 113 Å². The normalized spacial score (nSPS) is 11.8. The fourth-order valence-electron chi connectivity index (χ4n) is 4.01. The standard InChI is InChI=1S/C28H22N4O3S/c33-26(34)17-24(19-8-3-1-4-9-19)32-18-30-23-14-13-20(16-25(23)32)31-27(35)22-12-7-15-29-28(22)36-21-10-5-2-6-11-21/h1-16,18,24H,17H2,(H,31,35)(H,33,34). The summed E-state index contributed by atoms with van der Waals surface area (Å²) >= 11 is 1.43. The Morgan fingerprint density at radius 1 is 0.917 bits per heavy atom. The fraction of sp³-hybridized carbons (Fsp3) is 0.0714. The molecule has 2 aromatic heterocycles. The second-order valence-electron chi connectivity index (χ2n) is 8.11. The van der Waals surface area contributed by atoms with E-state index in [1.807, 2.05) is 77.4 Å². The summed E-state index contributed by atoms with van der Waals surface area (Å²) in [4.78, 5) is 34.7. The zero-order valence-electron chi connectivity index (χ0n) is 19.1. The van der Waals surface area contributed by atoms with Crippen molar-refractivity contribution < 1.29 is 14.7 Å². The van der Waals surface area contributed by atoms with Crippen LogP contribution < -0.4 is 5.32 Å². The number of benzene rings is 3. The molecule has 0 fully saturated rings. The quantitative estimate of drug-likeness (QED) is 0.279. The number of hydrogen-bond acceptors (Lipinski definition) is 5. The van der Waals surface area contributed by atoms with Crippen molar-refractivity contribution in [3.05, 3.63) is 115 Å². The van der Waals surface area contributed by atoms with Gasteiger partial charge < -0.3 is 15.0 Å². The van der Waals surface area contributed by atoms with Gasteiger partial charge in [0.05, 0.1) is 35.4 Å². The van der Waals surface area contributed by atoms with Gasteiger partial charge in [-0.1, -0.05) is 60.3 Å². The van der Waals surface area contributed by atoms with Crippen LogP contribution in [0.1, 0.15) is 28.4 Å². The number of aromatic nitrogens is 3. The molecule has 1 unspecified atom stereocenters. The molecule has 1 atom stereocenters. The highest BCUT2D eigenvalue weighted by atomic mass is 32.2. The maximum Gasteiger partial charge on any atom is 0.305 e. The van der Waals surface area contributed by atoms with E-state index in [2.05, 4.69) is 15.3 Å². The number of amides is 1. The Hall–Kier alpha value is -4.43. The van der Waals surface area contributed by atoms with Crippen LogP contribution in [0.4, 0.5) is 5.69 Å². The van der Waals surface area contributed by atoms with E-state index in [1.165, 1.54) is 11.8 Å². The number of nitrogens with one attached hydrogen (secondary N) is 1. The van der Waals surface area contributed by atoms with Crippen LogP contribution in [0.3, 0.4) is 0 Å². The summed E-state index contributed by atoms with van der Waals surface area (Å²) in [5.41, 5.74) is 3.35. The lowest BCUT2D eigenvalue weighted by Gasteiger charge is -2.18. The second kappa shape index (κ2) is 10.5. The molecule has 0 bridgehead atoms. The molecule has 0 aliphatic rings. The van der Waals surface area contributed by atoms with E-state index in [4.69, 9.17) is 0 Å². The highest BCUT2D eigenvalue weighted by Crippen LogP contribution is 2.30. The van der Waals surface area contributed by atoms with Crippen LogP contribution in [0, 0.1) is 0 Å². The van der Waals surface area contributed by atoms with Crippen molar-refractivity contribution in [3.63, 3.8) is 0 Å². The summed E-state index contributed by atoms with van der Waals surface area (Å²) in [5.74, 6) is -1.19. The summed E-state index contributed by atoms with van der Waals surface area (Å²) in [6, 6.07) is 27.7. The first-order valence-electron chi connectivity index (χ1n) is 11.3. The predicted octanol–water partition coefficient (Wildman–Crippen LogP) is 5.90. The van der Waals surface area contributed by atoms with Gasteiger partial charge in [-0.25, -0.2) is 9.97 Å². The zero-order valence-corrected chi connectivity index (χ0v) is 19.9. The monoisotopic (exact) mass is 494 g/mol. The summed E-state index contributed by atoms with van der Waals surface area (Å²) in [6.45, 7) is 0. The predicted molar refractivity (Wildman–Crippen MR) is 139 cm³/mol. The molecule has 5 rings (SSSR count). The Labute approximate surface area is 211 Å². The molecule has 178 valence electrons. The van der Waals surface area contributed by atoms with E-state index >= 15 is 0 Å². The summed E-state index contributed by atoms with van der Waals surface area (Å²) in [6.07, 6.45) is 3.22. The third-order valence-electron chi connectivity index (χ3n) is 5.69. The Bertz CT molecular complexity index is 1520. The first-order chi connectivity index (χ1) is 17.6. The van der Waals surface area contributed by atoms with E-state index < -0.39 is 12.0 Å². The molecule has 36 heavy (non-hydrogen) atoms. The number of carbonyl (C=O) groups excluding carboxylic acids is 1. The Balaban J connectivity index is 1.45. The van der Waals surface area contributed by atoms with E-state index in [0.29, 0.717) is 21.8 Å². The maximum absolute atomic E-state index is 13.2. The Morgan fingerprint density at radius 3 is 2.42 bits per heavy atom. The SMILES string of the molecule is O=C(O)CC(c1ccccc1)n1cnc2ccc(NC(=O)c3cccnc3Sc3ccccc3)cc21. The molecule has 5 aromatic rings. The smallest absolute Gasteiger partial charge is 0.305 e. The number of nitrogens with zero attached hydrogens (tertiary/aromatic N) is 3. The molecule has 2 N–H and O–H groups in total. The van der Waals surface area contributed by atoms with Crippen LogP contribution in [0.2, 0.25) is 0 Å². The van der Waals surface area contributed by atoms with Gasteiger partial charge in [0.2, 0.25) is 0 Å². The van der Waals surface area contributed by atoms with E-state index in [-0.39, 0.29) is 12.3 Å². The number of fused-ring (bicyclic) bond motifs is 1. The van der Waals surface area contributed by atoms with Gasteiger partial charge in [0.15, 0.2) is 0 Å². The molecule has 0 saturated carbocycles. The first kappa shape index (κ1) is 23.3. The maximum atomic E-state index is 13.2. The van der Waals surface area contributed by atoms with Gasteiger partial charge in [-0.2, -0.15) is 0 Å². The Kier molecular flexibility index (Phi) is 6.77. The molecule has 0 saturated heterocycles. The molecule has 1 amide bonds. The number of aliphatic carboxylic acids is 1.